The van der Waals surface area contributed by atoms with Gasteiger partial charge in [-0.15, -0.1) is 0 Å². The molecule has 2 unspecified atom stereocenters. The summed E-state index contributed by atoms with van der Waals surface area (Å²) in [5.41, 5.74) is 0.683. The van der Waals surface area contributed by atoms with Gasteiger partial charge in [-0.25, -0.2) is 4.79 Å². The van der Waals surface area contributed by atoms with Gasteiger partial charge in [-0.1, -0.05) is 53.5 Å². The third kappa shape index (κ3) is 3.26. The summed E-state index contributed by atoms with van der Waals surface area (Å²) in [6.45, 7) is 2.06. The number of Topliss-reactive ketones (excluding diaryl/α,β-unsaturated/α-hetero) is 1. The predicted octanol–water partition coefficient (Wildman–Crippen LogP) is 4.11. The van der Waals surface area contributed by atoms with Crippen LogP contribution < -0.4 is 0 Å². The zero-order valence-electron chi connectivity index (χ0n) is 12.0. The smallest absolute Gasteiger partial charge is 0.328 e. The lowest BCUT2D eigenvalue weighted by Crippen LogP contribution is -2.39. The minimum atomic E-state index is -0.951. The first-order valence-corrected chi connectivity index (χ1v) is 7.97. The number of carboxylic acids is 1. The minimum Gasteiger partial charge on any atom is -0.478 e. The third-order valence-electron chi connectivity index (χ3n) is 4.41. The molecule has 1 aromatic carbocycles. The number of hydrogen-bond acceptors (Lipinski definition) is 2. The zero-order chi connectivity index (χ0) is 15.5. The molecule has 0 radical (unpaired) electrons. The van der Waals surface area contributed by atoms with Crippen molar-refractivity contribution in [2.45, 2.75) is 38.0 Å². The molecular formula is C17H19BrO3. The molecule has 0 saturated heterocycles. The van der Waals surface area contributed by atoms with Gasteiger partial charge in [0.15, 0.2) is 0 Å². The second kappa shape index (κ2) is 6.56. The average Bonchev–Trinajstić information content (AvgIpc) is 2.47. The molecule has 1 aliphatic carbocycles. The number of carbonyl (C=O) groups excluding carboxylic acids is 1. The van der Waals surface area contributed by atoms with Crippen LogP contribution >= 0.6 is 15.9 Å². The molecule has 2 atom stereocenters. The predicted molar refractivity (Wildman–Crippen MR) is 85.2 cm³/mol. The molecule has 1 aromatic rings. The van der Waals surface area contributed by atoms with E-state index in [9.17, 15) is 9.59 Å². The van der Waals surface area contributed by atoms with E-state index in [0.717, 1.165) is 16.5 Å². The average molecular weight is 351 g/mol. The molecular weight excluding hydrogens is 332 g/mol. The van der Waals surface area contributed by atoms with Gasteiger partial charge < -0.3 is 5.11 Å². The van der Waals surface area contributed by atoms with Crippen molar-refractivity contribution in [3.8, 4) is 0 Å². The van der Waals surface area contributed by atoms with Gasteiger partial charge >= 0.3 is 5.97 Å². The third-order valence-corrected chi connectivity index (χ3v) is 5.10. The maximum absolute atomic E-state index is 11.8. The van der Waals surface area contributed by atoms with Crippen LogP contribution in [-0.4, -0.2) is 16.9 Å². The fourth-order valence-corrected chi connectivity index (χ4v) is 3.99. The molecule has 0 heterocycles. The Bertz CT molecular complexity index is 579. The molecule has 0 spiro atoms. The molecule has 112 valence electrons. The van der Waals surface area contributed by atoms with Crippen LogP contribution in [0.1, 0.15) is 38.2 Å². The fourth-order valence-electron chi connectivity index (χ4n) is 3.34. The van der Waals surface area contributed by atoms with Gasteiger partial charge in [0, 0.05) is 28.8 Å². The Morgan fingerprint density at radius 2 is 2.19 bits per heavy atom. The van der Waals surface area contributed by atoms with E-state index in [1.165, 1.54) is 6.08 Å². The number of rotatable bonds is 4. The second-order valence-corrected chi connectivity index (χ2v) is 6.39. The second-order valence-electron chi connectivity index (χ2n) is 5.54. The Morgan fingerprint density at radius 3 is 2.81 bits per heavy atom. The van der Waals surface area contributed by atoms with Crippen molar-refractivity contribution in [1.29, 1.82) is 0 Å². The number of ketones is 1. The fraction of sp³-hybridized carbons (Fsp3) is 0.412. The van der Waals surface area contributed by atoms with E-state index < -0.39 is 5.97 Å². The van der Waals surface area contributed by atoms with Crippen LogP contribution in [0, 0.1) is 5.92 Å². The summed E-state index contributed by atoms with van der Waals surface area (Å²) >= 11 is 3.58. The van der Waals surface area contributed by atoms with Crippen LogP contribution in [0.15, 0.2) is 40.9 Å². The molecule has 4 heteroatoms. The van der Waals surface area contributed by atoms with Crippen molar-refractivity contribution in [3.63, 3.8) is 0 Å². The number of aliphatic carboxylic acids is 1. The van der Waals surface area contributed by atoms with Gasteiger partial charge in [-0.3, -0.25) is 4.79 Å². The first-order chi connectivity index (χ1) is 9.99. The van der Waals surface area contributed by atoms with Crippen LogP contribution in [0.5, 0.6) is 0 Å². The topological polar surface area (TPSA) is 54.4 Å². The molecule has 0 aromatic heterocycles. The molecule has 21 heavy (non-hydrogen) atoms. The Morgan fingerprint density at radius 1 is 1.48 bits per heavy atom. The van der Waals surface area contributed by atoms with E-state index in [-0.39, 0.29) is 17.1 Å². The van der Waals surface area contributed by atoms with Crippen molar-refractivity contribution < 1.29 is 14.7 Å². The van der Waals surface area contributed by atoms with Gasteiger partial charge in [0.25, 0.3) is 0 Å². The number of carbonyl (C=O) groups is 2. The first kappa shape index (κ1) is 16.0. The van der Waals surface area contributed by atoms with Crippen LogP contribution in [0.3, 0.4) is 0 Å². The standard InChI is InChI=1S/C17H19BrO3/c1-2-12-11-13(19)7-9-17(12,10-8-16(20)21)14-5-3-4-6-15(14)18/h3-6,8,10,12H,2,7,9,11H2,1H3,(H,20,21). The van der Waals surface area contributed by atoms with Gasteiger partial charge in [0.1, 0.15) is 5.78 Å². The lowest BCUT2D eigenvalue weighted by molar-refractivity contribution is -0.131. The van der Waals surface area contributed by atoms with E-state index in [4.69, 9.17) is 5.11 Å². The van der Waals surface area contributed by atoms with E-state index >= 15 is 0 Å². The molecule has 1 N–H and O–H groups in total. The molecule has 0 bridgehead atoms. The molecule has 2 rings (SSSR count). The molecule has 3 nitrogen and oxygen atoms in total. The van der Waals surface area contributed by atoms with E-state index in [2.05, 4.69) is 22.9 Å². The van der Waals surface area contributed by atoms with Gasteiger partial charge in [0.05, 0.1) is 0 Å². The van der Waals surface area contributed by atoms with Gasteiger partial charge in [0.2, 0.25) is 0 Å². The van der Waals surface area contributed by atoms with Crippen LogP contribution in [0.25, 0.3) is 0 Å². The molecule has 1 aliphatic rings. The number of hydrogen-bond donors (Lipinski definition) is 1. The number of halogens is 1. The number of carboxylic acid groups (broad SMARTS) is 1. The van der Waals surface area contributed by atoms with E-state index in [0.29, 0.717) is 19.3 Å². The normalized spacial score (nSPS) is 26.2. The summed E-state index contributed by atoms with van der Waals surface area (Å²) in [4.78, 5) is 22.8. The largest absolute Gasteiger partial charge is 0.478 e. The molecule has 0 aliphatic heterocycles. The summed E-state index contributed by atoms with van der Waals surface area (Å²) < 4.78 is 0.966. The Hall–Kier alpha value is -1.42. The Kier molecular flexibility index (Phi) is 4.99. The van der Waals surface area contributed by atoms with Crippen molar-refractivity contribution in [2.24, 2.45) is 5.92 Å². The Labute approximate surface area is 133 Å². The summed E-state index contributed by atoms with van der Waals surface area (Å²) in [7, 11) is 0. The summed E-state index contributed by atoms with van der Waals surface area (Å²) in [6, 6.07) is 7.89. The van der Waals surface area contributed by atoms with Crippen molar-refractivity contribution in [3.05, 3.63) is 46.5 Å². The van der Waals surface area contributed by atoms with Crippen LogP contribution in [0.4, 0.5) is 0 Å². The SMILES string of the molecule is CCC1CC(=O)CCC1(C=CC(=O)O)c1ccccc1Br. The molecule has 1 saturated carbocycles. The van der Waals surface area contributed by atoms with Crippen molar-refractivity contribution in [1.82, 2.24) is 0 Å². The minimum absolute atomic E-state index is 0.132. The lowest BCUT2D eigenvalue weighted by atomic mass is 9.61. The quantitative estimate of drug-likeness (QED) is 0.831. The molecule has 0 amide bonds. The van der Waals surface area contributed by atoms with Crippen LogP contribution in [-0.2, 0) is 15.0 Å². The van der Waals surface area contributed by atoms with Gasteiger partial charge in [-0.2, -0.15) is 0 Å². The first-order valence-electron chi connectivity index (χ1n) is 7.18. The molecule has 1 fully saturated rings. The number of benzene rings is 1. The summed E-state index contributed by atoms with van der Waals surface area (Å²) in [5.74, 6) is -0.547. The highest BCUT2D eigenvalue weighted by Crippen LogP contribution is 2.47. The van der Waals surface area contributed by atoms with E-state index in [1.54, 1.807) is 6.08 Å². The highest BCUT2D eigenvalue weighted by Gasteiger charge is 2.42. The number of allylic oxidation sites excluding steroid dienone is 1. The lowest BCUT2D eigenvalue weighted by Gasteiger charge is -2.42. The van der Waals surface area contributed by atoms with Crippen molar-refractivity contribution >= 4 is 27.7 Å². The Balaban J connectivity index is 2.56. The maximum atomic E-state index is 11.8. The highest BCUT2D eigenvalue weighted by atomic mass is 79.9. The van der Waals surface area contributed by atoms with Crippen LogP contribution in [0.2, 0.25) is 0 Å². The van der Waals surface area contributed by atoms with Gasteiger partial charge in [-0.05, 0) is 24.0 Å². The highest BCUT2D eigenvalue weighted by molar-refractivity contribution is 9.10. The summed E-state index contributed by atoms with van der Waals surface area (Å²) in [5, 5.41) is 9.02. The maximum Gasteiger partial charge on any atom is 0.328 e. The summed E-state index contributed by atoms with van der Waals surface area (Å²) in [6.07, 6.45) is 5.53. The monoisotopic (exact) mass is 350 g/mol. The zero-order valence-corrected chi connectivity index (χ0v) is 13.6. The van der Waals surface area contributed by atoms with Crippen molar-refractivity contribution in [2.75, 3.05) is 0 Å². The van der Waals surface area contributed by atoms with E-state index in [1.807, 2.05) is 24.3 Å².